The highest BCUT2D eigenvalue weighted by Crippen LogP contribution is 2.27. The molecule has 1 heterocycles. The van der Waals surface area contributed by atoms with E-state index in [2.05, 4.69) is 15.5 Å². The molecule has 0 saturated carbocycles. The number of hydrogen-bond donors (Lipinski definition) is 1. The summed E-state index contributed by atoms with van der Waals surface area (Å²) in [6.45, 7) is 0.0838. The zero-order valence-electron chi connectivity index (χ0n) is 14.6. The first-order chi connectivity index (χ1) is 13.5. The van der Waals surface area contributed by atoms with Gasteiger partial charge in [-0.2, -0.15) is 0 Å². The third-order valence-corrected chi connectivity index (χ3v) is 4.77. The van der Waals surface area contributed by atoms with Gasteiger partial charge in [0.1, 0.15) is 0 Å². The topological polar surface area (TPSA) is 86.5 Å². The fourth-order valence-electron chi connectivity index (χ4n) is 2.14. The van der Waals surface area contributed by atoms with Gasteiger partial charge in [-0.1, -0.05) is 47.1 Å². The molecule has 0 aliphatic carbocycles. The van der Waals surface area contributed by atoms with Gasteiger partial charge in [-0.15, -0.1) is 10.2 Å². The van der Waals surface area contributed by atoms with E-state index in [0.29, 0.717) is 27.2 Å². The van der Waals surface area contributed by atoms with E-state index < -0.39 is 0 Å². The summed E-state index contributed by atoms with van der Waals surface area (Å²) in [6, 6.07) is 12.1. The van der Waals surface area contributed by atoms with Crippen molar-refractivity contribution in [3.63, 3.8) is 0 Å². The van der Waals surface area contributed by atoms with Gasteiger partial charge >= 0.3 is 0 Å². The van der Waals surface area contributed by atoms with Crippen LogP contribution in [-0.2, 0) is 11.4 Å². The maximum Gasteiger partial charge on any atom is 0.277 e. The fourth-order valence-corrected chi connectivity index (χ4v) is 3.17. The second-order valence-electron chi connectivity index (χ2n) is 5.36. The van der Waals surface area contributed by atoms with Gasteiger partial charge in [-0.3, -0.25) is 4.79 Å². The maximum absolute atomic E-state index is 12.1. The van der Waals surface area contributed by atoms with Crippen LogP contribution in [0.4, 0.5) is 5.69 Å². The number of thioether (sulfide) groups is 1. The predicted molar refractivity (Wildman–Crippen MR) is 107 cm³/mol. The molecular weight excluding hydrogens is 425 g/mol. The number of nitrogens with one attached hydrogen (secondary N) is 1. The van der Waals surface area contributed by atoms with Gasteiger partial charge in [0.25, 0.3) is 11.1 Å². The number of methoxy groups -OCH3 is 1. The van der Waals surface area contributed by atoms with E-state index in [-0.39, 0.29) is 29.4 Å². The van der Waals surface area contributed by atoms with Gasteiger partial charge in [0.2, 0.25) is 5.91 Å². The molecule has 0 radical (unpaired) electrons. The highest BCUT2D eigenvalue weighted by Gasteiger charge is 2.12. The lowest BCUT2D eigenvalue weighted by molar-refractivity contribution is -0.113. The quantitative estimate of drug-likeness (QED) is 0.509. The largest absolute Gasteiger partial charge is 0.493 e. The van der Waals surface area contributed by atoms with E-state index in [4.69, 9.17) is 37.1 Å². The molecule has 3 rings (SSSR count). The van der Waals surface area contributed by atoms with Crippen molar-refractivity contribution in [2.24, 2.45) is 0 Å². The average molecular weight is 440 g/mol. The number of benzene rings is 2. The molecule has 0 aliphatic heterocycles. The molecule has 0 saturated heterocycles. The zero-order valence-corrected chi connectivity index (χ0v) is 17.0. The average Bonchev–Trinajstić information content (AvgIpc) is 3.15. The Labute approximate surface area is 175 Å². The maximum atomic E-state index is 12.1. The van der Waals surface area contributed by atoms with Gasteiger partial charge < -0.3 is 19.2 Å². The van der Waals surface area contributed by atoms with Crippen LogP contribution in [0.15, 0.2) is 52.1 Å². The molecule has 2 aromatic carbocycles. The first kappa shape index (κ1) is 20.3. The summed E-state index contributed by atoms with van der Waals surface area (Å²) in [5.41, 5.74) is 0.480. The van der Waals surface area contributed by atoms with E-state index in [1.54, 1.807) is 37.4 Å². The second-order valence-corrected chi connectivity index (χ2v) is 7.13. The summed E-state index contributed by atoms with van der Waals surface area (Å²) in [6.07, 6.45) is 0. The van der Waals surface area contributed by atoms with Gasteiger partial charge in [-0.05, 0) is 30.3 Å². The Morgan fingerprint density at radius 1 is 1.18 bits per heavy atom. The second kappa shape index (κ2) is 9.68. The molecule has 3 aromatic rings. The third-order valence-electron chi connectivity index (χ3n) is 3.40. The number of ether oxygens (including phenoxy) is 2. The monoisotopic (exact) mass is 439 g/mol. The molecule has 7 nitrogen and oxygen atoms in total. The Kier molecular flexibility index (Phi) is 7.02. The number of carbonyl (C=O) groups excluding carboxylic acids is 1. The van der Waals surface area contributed by atoms with Crippen molar-refractivity contribution in [1.82, 2.24) is 10.2 Å². The number of hydrogen-bond acceptors (Lipinski definition) is 7. The van der Waals surface area contributed by atoms with Gasteiger partial charge in [-0.25, -0.2) is 0 Å². The van der Waals surface area contributed by atoms with Crippen LogP contribution in [0.5, 0.6) is 11.5 Å². The number of halogens is 2. The summed E-state index contributed by atoms with van der Waals surface area (Å²) in [7, 11) is 1.56. The summed E-state index contributed by atoms with van der Waals surface area (Å²) in [4.78, 5) is 12.1. The summed E-state index contributed by atoms with van der Waals surface area (Å²) in [5, 5.41) is 11.6. The van der Waals surface area contributed by atoms with Crippen molar-refractivity contribution in [2.75, 3.05) is 18.2 Å². The van der Waals surface area contributed by atoms with Crippen LogP contribution in [0.1, 0.15) is 5.89 Å². The number of rotatable bonds is 8. The van der Waals surface area contributed by atoms with Crippen LogP contribution in [0.25, 0.3) is 0 Å². The molecule has 0 bridgehead atoms. The molecule has 0 fully saturated rings. The molecule has 1 aromatic heterocycles. The fraction of sp³-hybridized carbons (Fsp3) is 0.167. The smallest absolute Gasteiger partial charge is 0.277 e. The van der Waals surface area contributed by atoms with Crippen LogP contribution >= 0.6 is 35.0 Å². The van der Waals surface area contributed by atoms with Crippen LogP contribution in [0, 0.1) is 0 Å². The van der Waals surface area contributed by atoms with E-state index in [1.165, 1.54) is 0 Å². The molecule has 10 heteroatoms. The van der Waals surface area contributed by atoms with Crippen molar-refractivity contribution >= 4 is 46.6 Å². The van der Waals surface area contributed by atoms with Crippen LogP contribution in [-0.4, -0.2) is 29.0 Å². The highest BCUT2D eigenvalue weighted by atomic mass is 35.5. The molecule has 0 aliphatic rings. The number of anilines is 1. The molecule has 1 N–H and O–H groups in total. The van der Waals surface area contributed by atoms with Crippen molar-refractivity contribution in [1.29, 1.82) is 0 Å². The van der Waals surface area contributed by atoms with Crippen LogP contribution in [0.3, 0.4) is 0 Å². The first-order valence-electron chi connectivity index (χ1n) is 8.01. The molecule has 0 atom stereocenters. The van der Waals surface area contributed by atoms with Crippen molar-refractivity contribution < 1.29 is 18.7 Å². The minimum absolute atomic E-state index is 0.0773. The van der Waals surface area contributed by atoms with Crippen molar-refractivity contribution in [3.8, 4) is 11.5 Å². The Morgan fingerprint density at radius 2 is 1.96 bits per heavy atom. The van der Waals surface area contributed by atoms with E-state index in [1.807, 2.05) is 12.1 Å². The lowest BCUT2D eigenvalue weighted by atomic mass is 10.3. The number of para-hydroxylation sites is 2. The standard InChI is InChI=1S/C18H15Cl2N3O4S/c1-25-14-4-2-3-5-15(14)26-9-17-22-23-18(27-17)28-10-16(24)21-13-7-6-11(19)8-12(13)20/h2-8H,9-10H2,1H3,(H,21,24). The Morgan fingerprint density at radius 3 is 2.71 bits per heavy atom. The molecule has 0 unspecified atom stereocenters. The molecule has 146 valence electrons. The molecule has 28 heavy (non-hydrogen) atoms. The minimum atomic E-state index is -0.265. The van der Waals surface area contributed by atoms with Crippen molar-refractivity contribution in [2.45, 2.75) is 11.8 Å². The van der Waals surface area contributed by atoms with Gasteiger partial charge in [0.15, 0.2) is 18.1 Å². The molecule has 0 spiro atoms. The first-order valence-corrected chi connectivity index (χ1v) is 9.75. The van der Waals surface area contributed by atoms with Gasteiger partial charge in [0, 0.05) is 5.02 Å². The van der Waals surface area contributed by atoms with E-state index in [9.17, 15) is 4.79 Å². The number of carbonyl (C=O) groups is 1. The number of nitrogens with zero attached hydrogens (tertiary/aromatic N) is 2. The SMILES string of the molecule is COc1ccccc1OCc1nnc(SCC(=O)Nc2ccc(Cl)cc2Cl)o1. The Hall–Kier alpha value is -2.42. The number of aromatic nitrogens is 2. The molecular formula is C18H15Cl2N3O4S. The Bertz CT molecular complexity index is 968. The van der Waals surface area contributed by atoms with E-state index >= 15 is 0 Å². The van der Waals surface area contributed by atoms with Crippen molar-refractivity contribution in [3.05, 3.63) is 58.4 Å². The lowest BCUT2D eigenvalue weighted by Crippen LogP contribution is -2.14. The summed E-state index contributed by atoms with van der Waals surface area (Å²) >= 11 is 13.0. The summed E-state index contributed by atoms with van der Waals surface area (Å²) < 4.78 is 16.3. The number of amides is 1. The van der Waals surface area contributed by atoms with E-state index in [0.717, 1.165) is 11.8 Å². The normalized spacial score (nSPS) is 10.5. The molecule has 1 amide bonds. The van der Waals surface area contributed by atoms with Crippen LogP contribution in [0.2, 0.25) is 10.0 Å². The lowest BCUT2D eigenvalue weighted by Gasteiger charge is -2.08. The third kappa shape index (κ3) is 5.54. The van der Waals surface area contributed by atoms with Gasteiger partial charge in [0.05, 0.1) is 23.6 Å². The Balaban J connectivity index is 1.49. The summed E-state index contributed by atoms with van der Waals surface area (Å²) in [5.74, 6) is 1.27. The zero-order chi connectivity index (χ0) is 19.9. The van der Waals surface area contributed by atoms with Crippen LogP contribution < -0.4 is 14.8 Å². The minimum Gasteiger partial charge on any atom is -0.493 e. The predicted octanol–water partition coefficient (Wildman–Crippen LogP) is 4.69. The highest BCUT2D eigenvalue weighted by molar-refractivity contribution is 7.99.